The minimum atomic E-state index is -1.70. The van der Waals surface area contributed by atoms with Gasteiger partial charge in [-0.3, -0.25) is 0 Å². The molecule has 3 nitrogen and oxygen atoms in total. The Morgan fingerprint density at radius 1 is 1.40 bits per heavy atom. The van der Waals surface area contributed by atoms with Crippen LogP contribution in [0.15, 0.2) is 0 Å². The first-order valence-electron chi connectivity index (χ1n) is 3.70. The van der Waals surface area contributed by atoms with Crippen LogP contribution in [-0.2, 0) is 4.43 Å². The van der Waals surface area contributed by atoms with E-state index in [1.54, 1.807) is 0 Å². The molecule has 0 aliphatic heterocycles. The number of rotatable bonds is 5. The highest BCUT2D eigenvalue weighted by atomic mass is 28.3. The van der Waals surface area contributed by atoms with Gasteiger partial charge in [-0.25, -0.2) is 0 Å². The lowest BCUT2D eigenvalue weighted by Gasteiger charge is -2.15. The van der Waals surface area contributed by atoms with Crippen LogP contribution in [0, 0.1) is 0 Å². The van der Waals surface area contributed by atoms with Crippen molar-refractivity contribution in [2.24, 2.45) is 0 Å². The van der Waals surface area contributed by atoms with Gasteiger partial charge in [-0.05, 0) is 13.0 Å². The highest BCUT2D eigenvalue weighted by Gasteiger charge is 2.17. The summed E-state index contributed by atoms with van der Waals surface area (Å²) in [5.41, 5.74) is 0. The molecule has 0 heterocycles. The lowest BCUT2D eigenvalue weighted by atomic mass is 10.6. The van der Waals surface area contributed by atoms with Crippen LogP contribution in [0.3, 0.4) is 0 Å². The maximum absolute atomic E-state index is 8.77. The van der Waals surface area contributed by atoms with Crippen molar-refractivity contribution in [1.82, 2.24) is 0 Å². The van der Waals surface area contributed by atoms with Crippen LogP contribution < -0.4 is 0 Å². The normalized spacial score (nSPS) is 14.1. The van der Waals surface area contributed by atoms with E-state index in [2.05, 4.69) is 0 Å². The number of aliphatic hydroxyl groups excluding tert-OH is 1. The Kier molecular flexibility index (Phi) is 5.91. The van der Waals surface area contributed by atoms with E-state index in [1.807, 2.05) is 13.8 Å². The predicted molar refractivity (Wildman–Crippen MR) is 42.1 cm³/mol. The van der Waals surface area contributed by atoms with Crippen molar-refractivity contribution >= 4 is 9.04 Å². The fraction of sp³-hybridized carbons (Fsp3) is 1.00. The zero-order valence-electron chi connectivity index (χ0n) is 6.58. The van der Waals surface area contributed by atoms with Crippen LogP contribution in [0.4, 0.5) is 0 Å². The fourth-order valence-electron chi connectivity index (χ4n) is 0.817. The van der Waals surface area contributed by atoms with Crippen LogP contribution >= 0.6 is 0 Å². The summed E-state index contributed by atoms with van der Waals surface area (Å²) in [6.45, 7) is 4.48. The molecule has 0 aromatic carbocycles. The molecular formula is C6H16O3Si. The molecule has 0 aliphatic rings. The molecule has 10 heavy (non-hydrogen) atoms. The molecule has 0 saturated carbocycles. The zero-order chi connectivity index (χ0) is 7.98. The predicted octanol–water partition coefficient (Wildman–Crippen LogP) is 0.00660. The SMILES string of the molecule is CCC[SiH](OCC)C(O)O. The maximum atomic E-state index is 8.77. The Morgan fingerprint density at radius 2 is 2.00 bits per heavy atom. The first-order valence-corrected chi connectivity index (χ1v) is 5.65. The third-order valence-electron chi connectivity index (χ3n) is 1.29. The average molecular weight is 164 g/mol. The second-order valence-corrected chi connectivity index (χ2v) is 4.78. The van der Waals surface area contributed by atoms with E-state index in [0.717, 1.165) is 12.5 Å². The van der Waals surface area contributed by atoms with Gasteiger partial charge in [-0.15, -0.1) is 0 Å². The lowest BCUT2D eigenvalue weighted by molar-refractivity contribution is 0.00998. The summed E-state index contributed by atoms with van der Waals surface area (Å²) in [5, 5.41) is 17.5. The molecular weight excluding hydrogens is 148 g/mol. The largest absolute Gasteiger partial charge is 0.415 e. The molecule has 0 aliphatic carbocycles. The van der Waals surface area contributed by atoms with E-state index in [0.29, 0.717) is 6.61 Å². The summed E-state index contributed by atoms with van der Waals surface area (Å²) in [6.07, 6.45) is 0.967. The third kappa shape index (κ3) is 4.00. The van der Waals surface area contributed by atoms with Crippen molar-refractivity contribution in [3.63, 3.8) is 0 Å². The van der Waals surface area contributed by atoms with Crippen LogP contribution in [0.1, 0.15) is 20.3 Å². The van der Waals surface area contributed by atoms with Gasteiger partial charge < -0.3 is 14.6 Å². The zero-order valence-corrected chi connectivity index (χ0v) is 7.73. The van der Waals surface area contributed by atoms with Crippen molar-refractivity contribution in [2.75, 3.05) is 6.61 Å². The van der Waals surface area contributed by atoms with E-state index < -0.39 is 15.0 Å². The molecule has 2 N–H and O–H groups in total. The Hall–Kier alpha value is 0.0969. The second kappa shape index (κ2) is 5.85. The average Bonchev–Trinajstić information content (AvgIpc) is 1.87. The number of hydrogen-bond acceptors (Lipinski definition) is 3. The molecule has 0 bridgehead atoms. The Bertz CT molecular complexity index is 71.4. The van der Waals surface area contributed by atoms with Crippen LogP contribution in [-0.4, -0.2) is 31.8 Å². The van der Waals surface area contributed by atoms with Gasteiger partial charge in [0.1, 0.15) is 0 Å². The quantitative estimate of drug-likeness (QED) is 0.444. The van der Waals surface area contributed by atoms with E-state index in [1.165, 1.54) is 0 Å². The van der Waals surface area contributed by atoms with Crippen molar-refractivity contribution in [2.45, 2.75) is 32.2 Å². The van der Waals surface area contributed by atoms with Gasteiger partial charge in [0.05, 0.1) is 0 Å². The Morgan fingerprint density at radius 3 is 2.30 bits per heavy atom. The third-order valence-corrected chi connectivity index (χ3v) is 3.86. The van der Waals surface area contributed by atoms with Gasteiger partial charge in [0.15, 0.2) is 5.91 Å². The first kappa shape index (κ1) is 10.1. The van der Waals surface area contributed by atoms with E-state index >= 15 is 0 Å². The van der Waals surface area contributed by atoms with Gasteiger partial charge in [0.2, 0.25) is 9.04 Å². The highest BCUT2D eigenvalue weighted by molar-refractivity contribution is 6.52. The molecule has 0 fully saturated rings. The molecule has 1 unspecified atom stereocenters. The lowest BCUT2D eigenvalue weighted by Crippen LogP contribution is -2.33. The van der Waals surface area contributed by atoms with Crippen LogP contribution in [0.5, 0.6) is 0 Å². The second-order valence-electron chi connectivity index (χ2n) is 2.20. The molecule has 0 aromatic heterocycles. The van der Waals surface area contributed by atoms with Crippen molar-refractivity contribution < 1.29 is 14.6 Å². The molecule has 4 heteroatoms. The molecule has 0 rings (SSSR count). The summed E-state index contributed by atoms with van der Waals surface area (Å²) in [7, 11) is -1.70. The van der Waals surface area contributed by atoms with E-state index in [9.17, 15) is 0 Å². The van der Waals surface area contributed by atoms with Gasteiger partial charge in [0, 0.05) is 6.61 Å². The molecule has 0 aromatic rings. The van der Waals surface area contributed by atoms with Gasteiger partial charge in [0.25, 0.3) is 0 Å². The van der Waals surface area contributed by atoms with Crippen LogP contribution in [0.2, 0.25) is 6.04 Å². The van der Waals surface area contributed by atoms with E-state index in [-0.39, 0.29) is 0 Å². The molecule has 62 valence electrons. The minimum absolute atomic E-state index is 0.592. The number of hydrogen-bond donors (Lipinski definition) is 2. The van der Waals surface area contributed by atoms with Crippen LogP contribution in [0.25, 0.3) is 0 Å². The first-order chi connectivity index (χ1) is 4.72. The molecule has 0 spiro atoms. The Balaban J connectivity index is 3.50. The molecule has 0 radical (unpaired) electrons. The standard InChI is InChI=1S/C6H16O3Si/c1-3-5-10(6(7)8)9-4-2/h6-8,10H,3-5H2,1-2H3. The summed E-state index contributed by atoms with van der Waals surface area (Å²) in [4.78, 5) is 0. The molecule has 0 saturated heterocycles. The van der Waals surface area contributed by atoms with Crippen molar-refractivity contribution in [1.29, 1.82) is 0 Å². The highest BCUT2D eigenvalue weighted by Crippen LogP contribution is 2.01. The fourth-order valence-corrected chi connectivity index (χ4v) is 2.45. The number of aliphatic hydroxyl groups is 2. The van der Waals surface area contributed by atoms with Gasteiger partial charge >= 0.3 is 0 Å². The Labute approximate surface area is 63.4 Å². The summed E-state index contributed by atoms with van der Waals surface area (Å²) in [6, 6.07) is 0.839. The van der Waals surface area contributed by atoms with Crippen molar-refractivity contribution in [3.8, 4) is 0 Å². The van der Waals surface area contributed by atoms with Gasteiger partial charge in [-0.1, -0.05) is 13.3 Å². The maximum Gasteiger partial charge on any atom is 0.237 e. The molecule has 1 atom stereocenters. The minimum Gasteiger partial charge on any atom is -0.415 e. The summed E-state index contributed by atoms with van der Waals surface area (Å²) >= 11 is 0. The summed E-state index contributed by atoms with van der Waals surface area (Å²) < 4.78 is 5.18. The smallest absolute Gasteiger partial charge is 0.237 e. The van der Waals surface area contributed by atoms with E-state index in [4.69, 9.17) is 14.6 Å². The molecule has 0 amide bonds. The van der Waals surface area contributed by atoms with Gasteiger partial charge in [-0.2, -0.15) is 0 Å². The summed E-state index contributed by atoms with van der Waals surface area (Å²) in [5.74, 6) is -1.19. The van der Waals surface area contributed by atoms with Crippen molar-refractivity contribution in [3.05, 3.63) is 0 Å². The monoisotopic (exact) mass is 164 g/mol. The topological polar surface area (TPSA) is 49.7 Å².